The van der Waals surface area contributed by atoms with Crippen LogP contribution in [-0.2, 0) is 6.61 Å². The quantitative estimate of drug-likeness (QED) is 0.0787. The van der Waals surface area contributed by atoms with Crippen LogP contribution in [0.25, 0.3) is 22.0 Å². The number of aryl methyl sites for hydroxylation is 1. The first-order valence-electron chi connectivity index (χ1n) is 14.7. The van der Waals surface area contributed by atoms with Crippen LogP contribution >= 0.6 is 33.9 Å². The molecule has 0 aliphatic carbocycles. The van der Waals surface area contributed by atoms with Crippen molar-refractivity contribution in [1.29, 1.82) is 0 Å². The van der Waals surface area contributed by atoms with Crippen molar-refractivity contribution >= 4 is 67.6 Å². The lowest BCUT2D eigenvalue weighted by Gasteiger charge is -2.15. The number of halogens is 1. The molecule has 6 aromatic rings. The van der Waals surface area contributed by atoms with Crippen LogP contribution in [0.1, 0.15) is 34.0 Å². The third-order valence-corrected chi connectivity index (χ3v) is 8.72. The minimum Gasteiger partial charge on any atom is -0.490 e. The molecule has 1 aromatic heterocycles. The van der Waals surface area contributed by atoms with E-state index in [0.29, 0.717) is 30.3 Å². The van der Waals surface area contributed by atoms with Crippen LogP contribution in [0.4, 0.5) is 10.8 Å². The molecule has 0 bridgehead atoms. The van der Waals surface area contributed by atoms with Gasteiger partial charge in [-0.1, -0.05) is 66.2 Å². The molecule has 5 aromatic carbocycles. The zero-order valence-electron chi connectivity index (χ0n) is 25.3. The Balaban J connectivity index is 1.07. The Bertz CT molecular complexity index is 2010. The second-order valence-electron chi connectivity index (χ2n) is 10.5. The Morgan fingerprint density at radius 2 is 1.72 bits per heavy atom. The molecule has 0 aliphatic rings. The third-order valence-electron chi connectivity index (χ3n) is 7.16. The van der Waals surface area contributed by atoms with Gasteiger partial charge in [-0.15, -0.1) is 11.3 Å². The number of nitrogens with one attached hydrogen (secondary N) is 2. The fourth-order valence-electron chi connectivity index (χ4n) is 4.80. The molecule has 9 heteroatoms. The molecular formula is C37H31IN4O3S. The zero-order valence-corrected chi connectivity index (χ0v) is 28.3. The van der Waals surface area contributed by atoms with E-state index >= 15 is 0 Å². The van der Waals surface area contributed by atoms with Crippen LogP contribution in [0.3, 0.4) is 0 Å². The number of rotatable bonds is 11. The van der Waals surface area contributed by atoms with E-state index in [4.69, 9.17) is 14.5 Å². The van der Waals surface area contributed by atoms with Gasteiger partial charge in [0.25, 0.3) is 5.91 Å². The maximum Gasteiger partial charge on any atom is 0.271 e. The Kier molecular flexibility index (Phi) is 9.90. The highest BCUT2D eigenvalue weighted by Crippen LogP contribution is 2.35. The van der Waals surface area contributed by atoms with E-state index in [1.54, 1.807) is 18.3 Å². The number of fused-ring (bicyclic) bond motifs is 1. The molecule has 0 saturated carbocycles. The largest absolute Gasteiger partial charge is 0.490 e. The Labute approximate surface area is 285 Å². The summed E-state index contributed by atoms with van der Waals surface area (Å²) in [6, 6.07) is 33.9. The van der Waals surface area contributed by atoms with Gasteiger partial charge in [-0.05, 0) is 101 Å². The van der Waals surface area contributed by atoms with Crippen molar-refractivity contribution in [2.24, 2.45) is 5.10 Å². The molecule has 0 atom stereocenters. The molecule has 7 nitrogen and oxygen atoms in total. The molecule has 0 fully saturated rings. The van der Waals surface area contributed by atoms with Crippen molar-refractivity contribution in [2.45, 2.75) is 20.5 Å². The number of amides is 1. The van der Waals surface area contributed by atoms with Crippen LogP contribution in [0, 0.1) is 10.5 Å². The molecule has 6 rings (SSSR count). The van der Waals surface area contributed by atoms with Crippen LogP contribution < -0.4 is 20.2 Å². The summed E-state index contributed by atoms with van der Waals surface area (Å²) >= 11 is 3.77. The van der Waals surface area contributed by atoms with Crippen LogP contribution in [0.5, 0.6) is 11.5 Å². The van der Waals surface area contributed by atoms with Crippen molar-refractivity contribution in [3.05, 3.63) is 134 Å². The van der Waals surface area contributed by atoms with Gasteiger partial charge >= 0.3 is 0 Å². The summed E-state index contributed by atoms with van der Waals surface area (Å²) in [5.41, 5.74) is 8.93. The fraction of sp³-hybridized carbons (Fsp3) is 0.108. The highest BCUT2D eigenvalue weighted by molar-refractivity contribution is 14.1. The first kappa shape index (κ1) is 31.3. The van der Waals surface area contributed by atoms with E-state index in [2.05, 4.69) is 87.8 Å². The molecule has 0 aliphatic heterocycles. The van der Waals surface area contributed by atoms with Gasteiger partial charge in [-0.2, -0.15) is 5.10 Å². The standard InChI is InChI=1S/C37H31IN4O3S/c1-3-44-34-20-26(19-32(38)35(34)45-22-25-10-11-27-6-4-5-7-30(27)18-25)21-39-42-36(43)29-14-12-28(13-15-29)33-23-46-37(41-33)40-31-16-8-24(2)9-17-31/h4-21,23H,3,22H2,1-2H3,(H,40,41)(H,42,43)/b39-21-. The minimum absolute atomic E-state index is 0.308. The SMILES string of the molecule is CCOc1cc(/C=N\NC(=O)c2ccc(-c3csc(Nc4ccc(C)cc4)n3)cc2)cc(I)c1OCc1ccc2ccccc2c1. The summed E-state index contributed by atoms with van der Waals surface area (Å²) in [5.74, 6) is 0.991. The van der Waals surface area contributed by atoms with Gasteiger partial charge < -0.3 is 14.8 Å². The average molecular weight is 739 g/mol. The van der Waals surface area contributed by atoms with Crippen LogP contribution in [-0.4, -0.2) is 23.7 Å². The molecule has 1 heterocycles. The van der Waals surface area contributed by atoms with Gasteiger partial charge in [-0.25, -0.2) is 10.4 Å². The predicted molar refractivity (Wildman–Crippen MR) is 196 cm³/mol. The molecule has 46 heavy (non-hydrogen) atoms. The number of thiazole rings is 1. The molecule has 0 radical (unpaired) electrons. The number of anilines is 2. The zero-order chi connectivity index (χ0) is 31.9. The normalized spacial score (nSPS) is 11.1. The van der Waals surface area contributed by atoms with Gasteiger partial charge in [0.2, 0.25) is 0 Å². The number of hydrazone groups is 1. The van der Waals surface area contributed by atoms with Gasteiger partial charge in [-0.3, -0.25) is 4.79 Å². The summed E-state index contributed by atoms with van der Waals surface area (Å²) in [4.78, 5) is 17.5. The minimum atomic E-state index is -0.308. The van der Waals surface area contributed by atoms with E-state index in [1.807, 2.05) is 60.8 Å². The molecule has 0 spiro atoms. The van der Waals surface area contributed by atoms with E-state index in [1.165, 1.54) is 27.7 Å². The lowest BCUT2D eigenvalue weighted by Crippen LogP contribution is -2.17. The van der Waals surface area contributed by atoms with Crippen LogP contribution in [0.2, 0.25) is 0 Å². The van der Waals surface area contributed by atoms with Gasteiger partial charge in [0.15, 0.2) is 16.6 Å². The maximum atomic E-state index is 12.8. The van der Waals surface area contributed by atoms with Crippen molar-refractivity contribution in [2.75, 3.05) is 11.9 Å². The molecule has 1 amide bonds. The van der Waals surface area contributed by atoms with Crippen molar-refractivity contribution in [3.63, 3.8) is 0 Å². The monoisotopic (exact) mass is 738 g/mol. The first-order chi connectivity index (χ1) is 22.4. The summed E-state index contributed by atoms with van der Waals surface area (Å²) in [7, 11) is 0. The summed E-state index contributed by atoms with van der Waals surface area (Å²) in [5, 5.41) is 12.7. The van der Waals surface area contributed by atoms with Gasteiger partial charge in [0.1, 0.15) is 6.61 Å². The number of benzene rings is 5. The molecule has 2 N–H and O–H groups in total. The second kappa shape index (κ2) is 14.6. The maximum absolute atomic E-state index is 12.8. The Morgan fingerprint density at radius 3 is 2.50 bits per heavy atom. The van der Waals surface area contributed by atoms with Crippen molar-refractivity contribution in [3.8, 4) is 22.8 Å². The van der Waals surface area contributed by atoms with Crippen molar-refractivity contribution < 1.29 is 14.3 Å². The number of ether oxygens (including phenoxy) is 2. The second-order valence-corrected chi connectivity index (χ2v) is 12.6. The van der Waals surface area contributed by atoms with E-state index in [-0.39, 0.29) is 5.91 Å². The number of hydrogen-bond acceptors (Lipinski definition) is 7. The van der Waals surface area contributed by atoms with Gasteiger partial charge in [0, 0.05) is 22.2 Å². The first-order valence-corrected chi connectivity index (χ1v) is 16.7. The lowest BCUT2D eigenvalue weighted by atomic mass is 10.1. The number of hydrogen-bond donors (Lipinski definition) is 2. The topological polar surface area (TPSA) is 84.8 Å². The van der Waals surface area contributed by atoms with Crippen molar-refractivity contribution in [1.82, 2.24) is 10.4 Å². The lowest BCUT2D eigenvalue weighted by molar-refractivity contribution is 0.0955. The number of carbonyl (C=O) groups excluding carboxylic acids is 1. The molecule has 0 saturated heterocycles. The molecule has 0 unspecified atom stereocenters. The van der Waals surface area contributed by atoms with Gasteiger partial charge in [0.05, 0.1) is 22.1 Å². The molecular weight excluding hydrogens is 707 g/mol. The Morgan fingerprint density at radius 1 is 0.935 bits per heavy atom. The van der Waals surface area contributed by atoms with Crippen LogP contribution in [0.15, 0.2) is 114 Å². The van der Waals surface area contributed by atoms with E-state index < -0.39 is 0 Å². The van der Waals surface area contributed by atoms with E-state index in [0.717, 1.165) is 36.8 Å². The predicted octanol–water partition coefficient (Wildman–Crippen LogP) is 9.36. The number of aromatic nitrogens is 1. The smallest absolute Gasteiger partial charge is 0.271 e. The Hall–Kier alpha value is -4.74. The summed E-state index contributed by atoms with van der Waals surface area (Å²) < 4.78 is 13.0. The average Bonchev–Trinajstić information content (AvgIpc) is 3.54. The highest BCUT2D eigenvalue weighted by Gasteiger charge is 2.13. The number of nitrogens with zero attached hydrogens (tertiary/aromatic N) is 2. The molecule has 230 valence electrons. The number of carbonyl (C=O) groups is 1. The summed E-state index contributed by atoms with van der Waals surface area (Å²) in [6.45, 7) is 4.89. The third kappa shape index (κ3) is 7.72. The fourth-order valence-corrected chi connectivity index (χ4v) is 6.32. The van der Waals surface area contributed by atoms with E-state index in [9.17, 15) is 4.79 Å². The highest BCUT2D eigenvalue weighted by atomic mass is 127. The summed E-state index contributed by atoms with van der Waals surface area (Å²) in [6.07, 6.45) is 1.60.